The van der Waals surface area contributed by atoms with E-state index in [1.54, 1.807) is 13.8 Å². The van der Waals surface area contributed by atoms with Crippen molar-refractivity contribution in [3.05, 3.63) is 47.7 Å². The van der Waals surface area contributed by atoms with Gasteiger partial charge in [0.1, 0.15) is 40.8 Å². The molecule has 55 heavy (non-hydrogen) atoms. The van der Waals surface area contributed by atoms with Gasteiger partial charge in [-0.1, -0.05) is 12.0 Å². The number of carboxylic acid groups (broad SMARTS) is 1. The minimum absolute atomic E-state index is 0.0124. The molecule has 2 bridgehead atoms. The van der Waals surface area contributed by atoms with Crippen molar-refractivity contribution in [3.8, 4) is 35.4 Å². The molecule has 5 fully saturated rings. The van der Waals surface area contributed by atoms with Gasteiger partial charge in [0.15, 0.2) is 5.82 Å². The Bertz CT molecular complexity index is 2310. The van der Waals surface area contributed by atoms with E-state index in [4.69, 9.17) is 20.9 Å². The first-order valence-corrected chi connectivity index (χ1v) is 18.6. The monoisotopic (exact) mass is 760 g/mol. The van der Waals surface area contributed by atoms with E-state index in [-0.39, 0.29) is 64.6 Å². The van der Waals surface area contributed by atoms with Crippen LogP contribution < -0.4 is 9.64 Å². The first kappa shape index (κ1) is 35.7. The smallest absolute Gasteiger partial charge is 0.506 e. The molecule has 4 atom stereocenters. The van der Waals surface area contributed by atoms with E-state index in [2.05, 4.69) is 25.7 Å². The number of nitrogens with zero attached hydrogens (tertiary/aromatic N) is 6. The molecule has 288 valence electrons. The first-order chi connectivity index (χ1) is 26.1. The highest BCUT2D eigenvalue weighted by Crippen LogP contribution is 2.69. The van der Waals surface area contributed by atoms with Gasteiger partial charge in [-0.25, -0.2) is 22.4 Å². The van der Waals surface area contributed by atoms with E-state index in [0.717, 1.165) is 19.3 Å². The molecule has 0 unspecified atom stereocenters. The Balaban J connectivity index is 1.12. The minimum Gasteiger partial charge on any atom is -0.508 e. The summed E-state index contributed by atoms with van der Waals surface area (Å²) in [7, 11) is 0. The Morgan fingerprint density at radius 1 is 1.13 bits per heavy atom. The summed E-state index contributed by atoms with van der Waals surface area (Å²) in [5, 5.41) is 20.8. The Labute approximate surface area is 314 Å². The lowest BCUT2D eigenvalue weighted by Crippen LogP contribution is -2.57. The summed E-state index contributed by atoms with van der Waals surface area (Å²) in [6.07, 6.45) is 9.18. The largest absolute Gasteiger partial charge is 0.508 e. The third-order valence-corrected chi connectivity index (χ3v) is 12.5. The molecule has 1 saturated carbocycles. The maximum Gasteiger partial charge on any atom is 0.506 e. The highest BCUT2D eigenvalue weighted by Gasteiger charge is 2.77. The van der Waals surface area contributed by atoms with Gasteiger partial charge in [0, 0.05) is 61.8 Å². The number of aromatic nitrogens is 3. The maximum absolute atomic E-state index is 17.1. The number of pyridine rings is 1. The van der Waals surface area contributed by atoms with E-state index in [1.807, 2.05) is 4.90 Å². The average molecular weight is 761 g/mol. The van der Waals surface area contributed by atoms with Crippen molar-refractivity contribution in [2.75, 3.05) is 44.2 Å². The second-order valence-corrected chi connectivity index (χ2v) is 16.6. The normalized spacial score (nSPS) is 27.2. The summed E-state index contributed by atoms with van der Waals surface area (Å²) in [5.41, 5.74) is -2.99. The van der Waals surface area contributed by atoms with E-state index < -0.39 is 40.3 Å². The quantitative estimate of drug-likeness (QED) is 0.115. The van der Waals surface area contributed by atoms with Crippen molar-refractivity contribution in [2.45, 2.75) is 81.5 Å². The van der Waals surface area contributed by atoms with Gasteiger partial charge in [-0.3, -0.25) is 14.8 Å². The lowest BCUT2D eigenvalue weighted by Gasteiger charge is -2.44. The van der Waals surface area contributed by atoms with Gasteiger partial charge in [0.25, 0.3) is 5.92 Å². The highest BCUT2D eigenvalue weighted by atomic mass is 19.3. The molecule has 1 spiro atoms. The summed E-state index contributed by atoms with van der Waals surface area (Å²) in [6, 6.07) is 5.22. The summed E-state index contributed by atoms with van der Waals surface area (Å²) in [5.74, 6) is -1.73. The average Bonchev–Trinajstić information content (AvgIpc) is 3.33. The van der Waals surface area contributed by atoms with Crippen molar-refractivity contribution in [2.24, 2.45) is 5.41 Å². The fraction of sp³-hybridized carbons (Fsp3) is 0.500. The van der Waals surface area contributed by atoms with E-state index in [1.165, 1.54) is 30.5 Å². The number of alkyl halides is 2. The number of aromatic hydroxyl groups is 1. The molecule has 4 saturated heterocycles. The van der Waals surface area contributed by atoms with Crippen LogP contribution in [0.3, 0.4) is 0 Å². The van der Waals surface area contributed by atoms with Crippen molar-refractivity contribution >= 4 is 33.6 Å². The number of terminal acetylenes is 1. The lowest BCUT2D eigenvalue weighted by molar-refractivity contribution is -0.0276. The fourth-order valence-electron chi connectivity index (χ4n) is 10.0. The third-order valence-electron chi connectivity index (χ3n) is 12.5. The summed E-state index contributed by atoms with van der Waals surface area (Å²) < 4.78 is 72.8. The molecule has 11 nitrogen and oxygen atoms in total. The van der Waals surface area contributed by atoms with Crippen LogP contribution in [-0.2, 0) is 4.74 Å². The van der Waals surface area contributed by atoms with Crippen LogP contribution in [0.15, 0.2) is 30.5 Å². The Kier molecular flexibility index (Phi) is 7.98. The number of rotatable bonds is 8. The van der Waals surface area contributed by atoms with Gasteiger partial charge >= 0.3 is 12.2 Å². The van der Waals surface area contributed by atoms with Gasteiger partial charge in [0.2, 0.25) is 0 Å². The van der Waals surface area contributed by atoms with Crippen LogP contribution in [-0.4, -0.2) is 110 Å². The maximum atomic E-state index is 17.1. The third kappa shape index (κ3) is 5.78. The number of hydrogen-bond donors (Lipinski definition) is 2. The molecular formula is C40H40F4N6O5. The molecule has 0 amide bonds. The molecule has 2 aromatic carbocycles. The second-order valence-electron chi connectivity index (χ2n) is 16.6. The van der Waals surface area contributed by atoms with Crippen molar-refractivity contribution < 1.29 is 42.0 Å². The van der Waals surface area contributed by atoms with Gasteiger partial charge < -0.3 is 24.6 Å². The van der Waals surface area contributed by atoms with E-state index >= 15 is 4.39 Å². The number of ether oxygens (including phenoxy) is 2. The summed E-state index contributed by atoms with van der Waals surface area (Å²) in [4.78, 5) is 31.7. The topological polar surface area (TPSA) is 124 Å². The fourth-order valence-corrected chi connectivity index (χ4v) is 10.0. The number of halogens is 4. The van der Waals surface area contributed by atoms with Crippen molar-refractivity contribution in [3.63, 3.8) is 0 Å². The van der Waals surface area contributed by atoms with Crippen LogP contribution in [0.4, 0.5) is 28.2 Å². The predicted octanol–water partition coefficient (Wildman–Crippen LogP) is 6.58. The molecule has 2 aromatic heterocycles. The Morgan fingerprint density at radius 2 is 1.87 bits per heavy atom. The van der Waals surface area contributed by atoms with Crippen LogP contribution in [0.5, 0.6) is 11.8 Å². The SMILES string of the molecule is C#Cc1c(F)ccc2cc(O)cc(-c3ncc4c(N5C[C@H]6CC[C@@H](C5)N6CC(C)(C)OC(=O)O)nc(OC[C@@]56CCCN5C[C@@]5(CC5(F)F)C6)nc4c3F)c12. The number of benzene rings is 2. The number of carbonyl (C=O) groups is 1. The molecule has 15 heteroatoms. The summed E-state index contributed by atoms with van der Waals surface area (Å²) >= 11 is 0. The molecule has 2 N–H and O–H groups in total. The van der Waals surface area contributed by atoms with Crippen LogP contribution in [0, 0.1) is 29.4 Å². The van der Waals surface area contributed by atoms with E-state index in [0.29, 0.717) is 62.2 Å². The van der Waals surface area contributed by atoms with Crippen molar-refractivity contribution in [1.82, 2.24) is 24.8 Å². The molecule has 6 heterocycles. The zero-order valence-electron chi connectivity index (χ0n) is 30.4. The molecule has 4 aliphatic heterocycles. The Hall–Kier alpha value is -4.94. The van der Waals surface area contributed by atoms with Gasteiger partial charge in [-0.15, -0.1) is 6.42 Å². The van der Waals surface area contributed by atoms with Crippen LogP contribution in [0.2, 0.25) is 0 Å². The van der Waals surface area contributed by atoms with Crippen LogP contribution in [0.1, 0.15) is 57.9 Å². The second kappa shape index (κ2) is 12.3. The molecule has 1 aliphatic carbocycles. The number of phenolic OH excluding ortho intramolecular Hbond substituents is 1. The number of piperazine rings is 1. The zero-order chi connectivity index (χ0) is 38.7. The number of anilines is 1. The molecule has 5 aliphatic rings. The molecule has 9 rings (SSSR count). The summed E-state index contributed by atoms with van der Waals surface area (Å²) in [6.45, 7) is 5.85. The number of fused-ring (bicyclic) bond motifs is 5. The predicted molar refractivity (Wildman–Crippen MR) is 194 cm³/mol. The van der Waals surface area contributed by atoms with Gasteiger partial charge in [-0.2, -0.15) is 9.97 Å². The van der Waals surface area contributed by atoms with Crippen LogP contribution >= 0.6 is 0 Å². The standard InChI is InChI=1S/C40H40F4N6O5/c1-4-26-29(41)9-6-22-12-25(51)13-27(30(22)26)32-31(42)33-28(14-45-32)34(48-15-23-7-8-24(16-48)50(23)19-37(2,3)55-36(52)53)47-35(46-33)54-21-39-10-5-11-49(39)20-38(17-39)18-40(38,43)44/h1,6,9,12-14,23-24,51H,5,7-8,10-11,15-21H2,2-3H3,(H,52,53)/t23-,24+,38-,39-/m0/s1. The first-order valence-electron chi connectivity index (χ1n) is 18.6. The van der Waals surface area contributed by atoms with Crippen LogP contribution in [0.25, 0.3) is 32.9 Å². The van der Waals surface area contributed by atoms with Gasteiger partial charge in [-0.05, 0) is 76.1 Å². The molecular weight excluding hydrogens is 720 g/mol. The molecule has 4 aromatic rings. The highest BCUT2D eigenvalue weighted by molar-refractivity contribution is 6.03. The number of hydrogen-bond acceptors (Lipinski definition) is 10. The Morgan fingerprint density at radius 3 is 2.56 bits per heavy atom. The minimum atomic E-state index is -2.71. The number of phenols is 1. The lowest BCUT2D eigenvalue weighted by atomic mass is 9.89. The van der Waals surface area contributed by atoms with Gasteiger partial charge in [0.05, 0.1) is 21.9 Å². The van der Waals surface area contributed by atoms with E-state index in [9.17, 15) is 28.2 Å². The zero-order valence-corrected chi connectivity index (χ0v) is 30.4. The molecule has 0 radical (unpaired) electrons. The van der Waals surface area contributed by atoms with Crippen molar-refractivity contribution in [1.29, 1.82) is 0 Å².